The molecule has 1 aromatic heterocycles. The van der Waals surface area contributed by atoms with E-state index < -0.39 is 0 Å². The Morgan fingerprint density at radius 1 is 0.682 bits per heavy atom. The van der Waals surface area contributed by atoms with Crippen molar-refractivity contribution in [2.24, 2.45) is 0 Å². The number of rotatable bonds is 2. The Labute approximate surface area is 129 Å². The van der Waals surface area contributed by atoms with Crippen LogP contribution in [0.2, 0.25) is 0 Å². The van der Waals surface area contributed by atoms with E-state index in [0.717, 1.165) is 11.3 Å². The van der Waals surface area contributed by atoms with Crippen molar-refractivity contribution < 1.29 is 0 Å². The second kappa shape index (κ2) is 5.41. The van der Waals surface area contributed by atoms with E-state index in [0.29, 0.717) is 0 Å². The number of hydrogen-bond donors (Lipinski definition) is 0. The van der Waals surface area contributed by atoms with Gasteiger partial charge >= 0.3 is 0 Å². The molecule has 0 saturated carbocycles. The van der Waals surface area contributed by atoms with Gasteiger partial charge in [-0.1, -0.05) is 60.7 Å². The summed E-state index contributed by atoms with van der Waals surface area (Å²) in [4.78, 5) is 8.32. The molecule has 0 aliphatic rings. The van der Waals surface area contributed by atoms with Gasteiger partial charge in [0.05, 0.1) is 5.69 Å². The van der Waals surface area contributed by atoms with Crippen molar-refractivity contribution in [1.82, 2.24) is 9.97 Å². The van der Waals surface area contributed by atoms with Crippen molar-refractivity contribution in [3.8, 4) is 22.4 Å². The maximum atomic E-state index is 4.33. The molecule has 104 valence electrons. The zero-order chi connectivity index (χ0) is 14.8. The standard InChI is InChI=1S/C20H14N2/c1-2-9-18-15(5-1)6-4-10-19(18)16-7-3-8-17(13-16)20-11-12-21-14-22-20/h1-14H. The summed E-state index contributed by atoms with van der Waals surface area (Å²) in [6, 6.07) is 25.3. The Morgan fingerprint density at radius 2 is 1.50 bits per heavy atom. The fourth-order valence-electron chi connectivity index (χ4n) is 2.78. The van der Waals surface area contributed by atoms with Crippen LogP contribution in [-0.2, 0) is 0 Å². The monoisotopic (exact) mass is 282 g/mol. The molecule has 0 fully saturated rings. The minimum Gasteiger partial charge on any atom is -0.245 e. The molecule has 2 heteroatoms. The Balaban J connectivity index is 1.89. The molecular weight excluding hydrogens is 268 g/mol. The molecule has 0 bridgehead atoms. The van der Waals surface area contributed by atoms with Gasteiger partial charge in [-0.25, -0.2) is 9.97 Å². The summed E-state index contributed by atoms with van der Waals surface area (Å²) in [7, 11) is 0. The van der Waals surface area contributed by atoms with Gasteiger partial charge in [0, 0.05) is 11.8 Å². The predicted molar refractivity (Wildman–Crippen MR) is 90.4 cm³/mol. The van der Waals surface area contributed by atoms with Crippen LogP contribution in [0.5, 0.6) is 0 Å². The van der Waals surface area contributed by atoms with Gasteiger partial charge < -0.3 is 0 Å². The molecule has 3 aromatic carbocycles. The molecule has 4 aromatic rings. The quantitative estimate of drug-likeness (QED) is 0.519. The highest BCUT2D eigenvalue weighted by Crippen LogP contribution is 2.30. The largest absolute Gasteiger partial charge is 0.245 e. The lowest BCUT2D eigenvalue weighted by atomic mass is 9.96. The molecule has 22 heavy (non-hydrogen) atoms. The number of fused-ring (bicyclic) bond motifs is 1. The third-order valence-corrected chi connectivity index (χ3v) is 3.84. The van der Waals surface area contributed by atoms with E-state index in [1.807, 2.05) is 6.07 Å². The highest BCUT2D eigenvalue weighted by Gasteiger charge is 2.05. The van der Waals surface area contributed by atoms with Crippen molar-refractivity contribution in [1.29, 1.82) is 0 Å². The molecule has 0 N–H and O–H groups in total. The van der Waals surface area contributed by atoms with Crippen LogP contribution < -0.4 is 0 Å². The van der Waals surface area contributed by atoms with Crippen LogP contribution in [0.15, 0.2) is 85.3 Å². The van der Waals surface area contributed by atoms with Crippen molar-refractivity contribution >= 4 is 10.8 Å². The Hall–Kier alpha value is -3.00. The summed E-state index contributed by atoms with van der Waals surface area (Å²) < 4.78 is 0. The van der Waals surface area contributed by atoms with Crippen LogP contribution in [0.3, 0.4) is 0 Å². The topological polar surface area (TPSA) is 25.8 Å². The Bertz CT molecular complexity index is 925. The number of hydrogen-bond acceptors (Lipinski definition) is 2. The smallest absolute Gasteiger partial charge is 0.116 e. The summed E-state index contributed by atoms with van der Waals surface area (Å²) in [6.07, 6.45) is 3.35. The Morgan fingerprint density at radius 3 is 2.41 bits per heavy atom. The van der Waals surface area contributed by atoms with Crippen LogP contribution in [0.25, 0.3) is 33.2 Å². The summed E-state index contributed by atoms with van der Waals surface area (Å²) in [5.41, 5.74) is 4.49. The Kier molecular flexibility index (Phi) is 3.13. The van der Waals surface area contributed by atoms with Gasteiger partial charge in [0.25, 0.3) is 0 Å². The number of benzene rings is 3. The third kappa shape index (κ3) is 2.25. The SMILES string of the molecule is c1cc(-c2ccncn2)cc(-c2cccc3ccccc23)c1. The lowest BCUT2D eigenvalue weighted by Gasteiger charge is -2.08. The maximum Gasteiger partial charge on any atom is 0.116 e. The second-order valence-corrected chi connectivity index (χ2v) is 5.20. The third-order valence-electron chi connectivity index (χ3n) is 3.84. The lowest BCUT2D eigenvalue weighted by molar-refractivity contribution is 1.17. The fourth-order valence-corrected chi connectivity index (χ4v) is 2.78. The molecular formula is C20H14N2. The van der Waals surface area contributed by atoms with Crippen molar-refractivity contribution in [3.63, 3.8) is 0 Å². The van der Waals surface area contributed by atoms with Crippen LogP contribution in [0.4, 0.5) is 0 Å². The van der Waals surface area contributed by atoms with Crippen LogP contribution >= 0.6 is 0 Å². The molecule has 0 atom stereocenters. The van der Waals surface area contributed by atoms with Crippen molar-refractivity contribution in [3.05, 3.63) is 85.3 Å². The van der Waals surface area contributed by atoms with E-state index in [9.17, 15) is 0 Å². The number of nitrogens with zero attached hydrogens (tertiary/aromatic N) is 2. The van der Waals surface area contributed by atoms with Gasteiger partial charge in [-0.2, -0.15) is 0 Å². The highest BCUT2D eigenvalue weighted by atomic mass is 14.8. The minimum atomic E-state index is 0.942. The van der Waals surface area contributed by atoms with Gasteiger partial charge in [0.2, 0.25) is 0 Å². The van der Waals surface area contributed by atoms with Crippen LogP contribution in [0.1, 0.15) is 0 Å². The highest BCUT2D eigenvalue weighted by molar-refractivity contribution is 5.97. The molecule has 0 radical (unpaired) electrons. The van der Waals surface area contributed by atoms with E-state index in [2.05, 4.69) is 76.7 Å². The molecule has 2 nitrogen and oxygen atoms in total. The second-order valence-electron chi connectivity index (χ2n) is 5.20. The number of aromatic nitrogens is 2. The average molecular weight is 282 g/mol. The van der Waals surface area contributed by atoms with E-state index in [-0.39, 0.29) is 0 Å². The van der Waals surface area contributed by atoms with Crippen molar-refractivity contribution in [2.45, 2.75) is 0 Å². The molecule has 0 spiro atoms. The zero-order valence-corrected chi connectivity index (χ0v) is 12.0. The van der Waals surface area contributed by atoms with Crippen LogP contribution in [-0.4, -0.2) is 9.97 Å². The van der Waals surface area contributed by atoms with Gasteiger partial charge in [-0.3, -0.25) is 0 Å². The van der Waals surface area contributed by atoms with Crippen molar-refractivity contribution in [2.75, 3.05) is 0 Å². The molecule has 1 heterocycles. The van der Waals surface area contributed by atoms with Gasteiger partial charge in [0.1, 0.15) is 6.33 Å². The lowest BCUT2D eigenvalue weighted by Crippen LogP contribution is -1.86. The molecule has 0 aliphatic carbocycles. The molecule has 4 rings (SSSR count). The summed E-state index contributed by atoms with van der Waals surface area (Å²) in [5, 5.41) is 2.53. The normalized spacial score (nSPS) is 10.7. The zero-order valence-electron chi connectivity index (χ0n) is 12.0. The first-order valence-corrected chi connectivity index (χ1v) is 7.26. The average Bonchev–Trinajstić information content (AvgIpc) is 2.62. The van der Waals surface area contributed by atoms with Gasteiger partial charge in [-0.15, -0.1) is 0 Å². The summed E-state index contributed by atoms with van der Waals surface area (Å²) >= 11 is 0. The molecule has 0 amide bonds. The van der Waals surface area contributed by atoms with Gasteiger partial charge in [0.15, 0.2) is 0 Å². The predicted octanol–water partition coefficient (Wildman–Crippen LogP) is 4.96. The minimum absolute atomic E-state index is 0.942. The summed E-state index contributed by atoms with van der Waals surface area (Å²) in [5.74, 6) is 0. The van der Waals surface area contributed by atoms with Gasteiger partial charge in [-0.05, 0) is 34.0 Å². The first-order valence-electron chi connectivity index (χ1n) is 7.26. The molecule has 0 aliphatic heterocycles. The maximum absolute atomic E-state index is 4.33. The fraction of sp³-hybridized carbons (Fsp3) is 0. The summed E-state index contributed by atoms with van der Waals surface area (Å²) in [6.45, 7) is 0. The van der Waals surface area contributed by atoms with E-state index in [4.69, 9.17) is 0 Å². The first kappa shape index (κ1) is 12.7. The van der Waals surface area contributed by atoms with Crippen LogP contribution in [0, 0.1) is 0 Å². The van der Waals surface area contributed by atoms with E-state index in [1.165, 1.54) is 21.9 Å². The molecule has 0 saturated heterocycles. The van der Waals surface area contributed by atoms with E-state index in [1.54, 1.807) is 12.5 Å². The van der Waals surface area contributed by atoms with E-state index >= 15 is 0 Å². The first-order chi connectivity index (χ1) is 10.9. The molecule has 0 unspecified atom stereocenters.